The van der Waals surface area contributed by atoms with E-state index in [-0.39, 0.29) is 77.0 Å². The summed E-state index contributed by atoms with van der Waals surface area (Å²) in [5.74, 6) is -0.0912. The molecule has 7 unspecified atom stereocenters. The molecule has 7 atom stereocenters. The van der Waals surface area contributed by atoms with Crippen LogP contribution in [-0.4, -0.2) is 116 Å². The standard InChI is InChI=1S/C56H84N2O11S/c1-4-6-7-8-9-10-11-12-13-19-36-65-55(62)58(30-37-63-38-33-61)51-41-49(57-69-52-23-16-20-35-64-52)47-39-42(21-14-17-31-59)46(22-15-18-32-60)53-48-40-44(67-43-24-27-45(70-3)28-25-43)26-29-50(48)68-56(51,54(47)53)66-34-5-2/h5,24-29,39-40,42,46,51-54,59-61H,2,4,6-23,30-38,41H2,1,3H3. The predicted molar refractivity (Wildman–Crippen MR) is 276 cm³/mol. The fraction of sp³-hybridized carbons (Fsp3) is 0.679. The Labute approximate surface area is 422 Å². The van der Waals surface area contributed by atoms with Crippen LogP contribution in [0, 0.1) is 17.8 Å². The zero-order chi connectivity index (χ0) is 49.4. The van der Waals surface area contributed by atoms with Crippen LogP contribution in [0.3, 0.4) is 0 Å². The minimum atomic E-state index is -1.47. The summed E-state index contributed by atoms with van der Waals surface area (Å²) in [6.07, 6.45) is 24.2. The van der Waals surface area contributed by atoms with Crippen molar-refractivity contribution in [3.8, 4) is 17.2 Å². The third-order valence-corrected chi connectivity index (χ3v) is 15.1. The van der Waals surface area contributed by atoms with Gasteiger partial charge in [-0.1, -0.05) is 94.9 Å². The minimum absolute atomic E-state index is 0.0386. The largest absolute Gasteiger partial charge is 0.459 e. The molecule has 2 aromatic carbocycles. The molecule has 0 radical (unpaired) electrons. The summed E-state index contributed by atoms with van der Waals surface area (Å²) in [5, 5.41) is 34.8. The van der Waals surface area contributed by atoms with E-state index < -0.39 is 30.1 Å². The molecule has 0 bridgehead atoms. The number of hydrogen-bond donors (Lipinski definition) is 3. The molecule has 3 N–H and O–H groups in total. The number of unbranched alkanes of at least 4 members (excludes halogenated alkanes) is 11. The van der Waals surface area contributed by atoms with Crippen molar-refractivity contribution in [2.75, 3.05) is 65.7 Å². The molecule has 2 aliphatic heterocycles. The van der Waals surface area contributed by atoms with Crippen LogP contribution in [0.1, 0.15) is 147 Å². The highest BCUT2D eigenvalue weighted by Gasteiger charge is 2.65. The molecule has 390 valence electrons. The van der Waals surface area contributed by atoms with Crippen molar-refractivity contribution < 1.29 is 53.4 Å². The van der Waals surface area contributed by atoms with Crippen molar-refractivity contribution in [1.29, 1.82) is 0 Å². The number of rotatable bonds is 33. The van der Waals surface area contributed by atoms with Crippen molar-refractivity contribution in [2.45, 2.75) is 164 Å². The Hall–Kier alpha value is -3.63. The van der Waals surface area contributed by atoms with E-state index in [2.05, 4.69) is 25.6 Å². The van der Waals surface area contributed by atoms with Crippen LogP contribution >= 0.6 is 11.8 Å². The predicted octanol–water partition coefficient (Wildman–Crippen LogP) is 11.7. The van der Waals surface area contributed by atoms with Gasteiger partial charge in [0.1, 0.15) is 23.3 Å². The molecule has 13 nitrogen and oxygen atoms in total. The molecule has 4 aliphatic rings. The van der Waals surface area contributed by atoms with Gasteiger partial charge in [-0.25, -0.2) is 4.79 Å². The molecule has 1 saturated heterocycles. The van der Waals surface area contributed by atoms with E-state index >= 15 is 0 Å². The Bertz CT molecular complexity index is 1910. The lowest BCUT2D eigenvalue weighted by Gasteiger charge is -2.59. The molecule has 70 heavy (non-hydrogen) atoms. The van der Waals surface area contributed by atoms with Crippen LogP contribution in [0.15, 0.2) is 76.8 Å². The van der Waals surface area contributed by atoms with Gasteiger partial charge < -0.3 is 48.6 Å². The maximum absolute atomic E-state index is 14.9. The normalized spacial score (nSPS) is 24.2. The van der Waals surface area contributed by atoms with Crippen LogP contribution in [0.25, 0.3) is 0 Å². The molecule has 2 aromatic rings. The Kier molecular flexibility index (Phi) is 24.2. The van der Waals surface area contributed by atoms with Gasteiger partial charge in [0, 0.05) is 49.0 Å². The molecule has 1 amide bonds. The third kappa shape index (κ3) is 15.4. The molecule has 2 heterocycles. The number of allylic oxidation sites excluding steroid dienone is 1. The van der Waals surface area contributed by atoms with E-state index in [1.54, 1.807) is 22.7 Å². The molecular formula is C56H84N2O11S. The van der Waals surface area contributed by atoms with Crippen molar-refractivity contribution in [1.82, 2.24) is 4.90 Å². The number of fused-ring (bicyclic) bond motifs is 2. The number of oxime groups is 1. The maximum atomic E-state index is 14.9. The fourth-order valence-corrected chi connectivity index (χ4v) is 11.4. The number of carbonyl (C=O) groups is 1. The summed E-state index contributed by atoms with van der Waals surface area (Å²) in [6.45, 7) is 7.75. The number of carbonyl (C=O) groups excluding carboxylic acids is 1. The summed E-state index contributed by atoms with van der Waals surface area (Å²) in [6, 6.07) is 13.2. The molecule has 2 aliphatic carbocycles. The van der Waals surface area contributed by atoms with Gasteiger partial charge in [-0.2, -0.15) is 0 Å². The summed E-state index contributed by atoms with van der Waals surface area (Å²) in [5.41, 5.74) is 2.59. The molecule has 1 saturated carbocycles. The topological polar surface area (TPSA) is 158 Å². The van der Waals surface area contributed by atoms with Crippen LogP contribution in [0.2, 0.25) is 0 Å². The lowest BCUT2D eigenvalue weighted by atomic mass is 9.55. The van der Waals surface area contributed by atoms with Gasteiger partial charge in [-0.3, -0.25) is 4.90 Å². The van der Waals surface area contributed by atoms with E-state index in [1.165, 1.54) is 44.9 Å². The van der Waals surface area contributed by atoms with Gasteiger partial charge in [0.25, 0.3) is 0 Å². The quantitative estimate of drug-likeness (QED) is 0.0269. The SMILES string of the molecule is C=CCOC12Oc3ccc(Oc4ccc(SC)cc4)cc3C3C(CCCCO)C(CCCCO)C=C(C(=NOC4CCCCO4)CC1N(CCOCCO)C(=O)OCCCCCCCCCCCC)C32. The first-order chi connectivity index (χ1) is 34.4. The summed E-state index contributed by atoms with van der Waals surface area (Å²) in [7, 11) is 0. The monoisotopic (exact) mass is 993 g/mol. The summed E-state index contributed by atoms with van der Waals surface area (Å²) < 4.78 is 39.3. The average Bonchev–Trinajstić information content (AvgIpc) is 3.38. The smallest absolute Gasteiger partial charge is 0.410 e. The van der Waals surface area contributed by atoms with Gasteiger partial charge >= 0.3 is 6.09 Å². The molecule has 0 aromatic heterocycles. The van der Waals surface area contributed by atoms with E-state index in [0.717, 1.165) is 73.8 Å². The average molecular weight is 993 g/mol. The zero-order valence-electron chi connectivity index (χ0n) is 42.3. The summed E-state index contributed by atoms with van der Waals surface area (Å²) in [4.78, 5) is 24.0. The lowest BCUT2D eigenvalue weighted by Crippen LogP contribution is -2.70. The molecule has 14 heteroatoms. The Morgan fingerprint density at radius 2 is 1.60 bits per heavy atom. The van der Waals surface area contributed by atoms with E-state index in [9.17, 15) is 20.1 Å². The minimum Gasteiger partial charge on any atom is -0.459 e. The molecule has 2 fully saturated rings. The maximum Gasteiger partial charge on any atom is 0.410 e. The first kappa shape index (κ1) is 55.7. The first-order valence-corrected chi connectivity index (χ1v) is 27.9. The van der Waals surface area contributed by atoms with Crippen molar-refractivity contribution in [3.63, 3.8) is 0 Å². The Morgan fingerprint density at radius 3 is 2.29 bits per heavy atom. The fourth-order valence-electron chi connectivity index (χ4n) is 10.9. The van der Waals surface area contributed by atoms with E-state index in [4.69, 9.17) is 38.4 Å². The highest BCUT2D eigenvalue weighted by molar-refractivity contribution is 7.98. The number of nitrogens with zero attached hydrogens (tertiary/aromatic N) is 2. The Morgan fingerprint density at radius 1 is 0.871 bits per heavy atom. The number of thioether (sulfide) groups is 1. The number of aliphatic hydroxyl groups is 3. The van der Waals surface area contributed by atoms with Gasteiger partial charge in [0.05, 0.1) is 51.3 Å². The summed E-state index contributed by atoms with van der Waals surface area (Å²) >= 11 is 1.67. The lowest BCUT2D eigenvalue weighted by molar-refractivity contribution is -0.256. The molecule has 0 spiro atoms. The van der Waals surface area contributed by atoms with Crippen LogP contribution in [-0.2, 0) is 23.8 Å². The molecular weight excluding hydrogens is 909 g/mol. The van der Waals surface area contributed by atoms with Gasteiger partial charge in [-0.15, -0.1) is 18.3 Å². The third-order valence-electron chi connectivity index (χ3n) is 14.4. The van der Waals surface area contributed by atoms with Crippen LogP contribution < -0.4 is 9.47 Å². The van der Waals surface area contributed by atoms with Crippen molar-refractivity contribution in [3.05, 3.63) is 72.3 Å². The van der Waals surface area contributed by atoms with Crippen molar-refractivity contribution in [2.24, 2.45) is 22.9 Å². The number of benzene rings is 2. The number of ether oxygens (including phenoxy) is 6. The number of aliphatic hydroxyl groups excluding tert-OH is 3. The second kappa shape index (κ2) is 30.4. The second-order valence-corrected chi connectivity index (χ2v) is 20.2. The van der Waals surface area contributed by atoms with Crippen LogP contribution in [0.5, 0.6) is 17.2 Å². The number of hydrogen-bond acceptors (Lipinski definition) is 13. The zero-order valence-corrected chi connectivity index (χ0v) is 43.1. The number of amides is 1. The van der Waals surface area contributed by atoms with E-state index in [0.29, 0.717) is 48.8 Å². The first-order valence-electron chi connectivity index (χ1n) is 26.7. The molecule has 6 rings (SSSR count). The highest BCUT2D eigenvalue weighted by Crippen LogP contribution is 2.62. The Balaban J connectivity index is 1.44. The second-order valence-electron chi connectivity index (χ2n) is 19.3. The van der Waals surface area contributed by atoms with Gasteiger partial charge in [-0.05, 0) is 111 Å². The van der Waals surface area contributed by atoms with Gasteiger partial charge in [0.15, 0.2) is 0 Å². The van der Waals surface area contributed by atoms with Crippen molar-refractivity contribution >= 4 is 23.6 Å². The van der Waals surface area contributed by atoms with E-state index in [1.807, 2.05) is 42.7 Å². The highest BCUT2D eigenvalue weighted by atomic mass is 32.2. The van der Waals surface area contributed by atoms with Gasteiger partial charge in [0.2, 0.25) is 12.1 Å². The van der Waals surface area contributed by atoms with Crippen LogP contribution in [0.4, 0.5) is 4.79 Å².